The number of nitrogens with one attached hydrogen (secondary N) is 2. The predicted molar refractivity (Wildman–Crippen MR) is 123 cm³/mol. The average Bonchev–Trinajstić information content (AvgIpc) is 2.75. The van der Waals surface area contributed by atoms with Crippen molar-refractivity contribution < 1.29 is 13.3 Å². The van der Waals surface area contributed by atoms with E-state index < -0.39 is 14.9 Å². The topological polar surface area (TPSA) is 114 Å². The van der Waals surface area contributed by atoms with Gasteiger partial charge in [-0.05, 0) is 42.0 Å². The van der Waals surface area contributed by atoms with Gasteiger partial charge in [-0.25, -0.2) is 8.42 Å². The van der Waals surface area contributed by atoms with E-state index in [4.69, 9.17) is 11.6 Å². The maximum atomic E-state index is 12.9. The minimum atomic E-state index is -4.15. The Hall–Kier alpha value is -3.69. The van der Waals surface area contributed by atoms with Gasteiger partial charge >= 0.3 is 0 Å². The summed E-state index contributed by atoms with van der Waals surface area (Å²) in [6.45, 7) is 0. The number of allylic oxidation sites excluding steroid dienone is 1. The molecule has 0 atom stereocenters. The summed E-state index contributed by atoms with van der Waals surface area (Å²) in [6, 6.07) is 19.0. The molecule has 0 amide bonds. The molecule has 0 heterocycles. The first-order valence-electron chi connectivity index (χ1n) is 8.93. The zero-order valence-electron chi connectivity index (χ0n) is 16.0. The van der Waals surface area contributed by atoms with E-state index in [0.717, 1.165) is 11.6 Å². The van der Waals surface area contributed by atoms with Crippen LogP contribution in [0.25, 0.3) is 6.08 Å². The summed E-state index contributed by atoms with van der Waals surface area (Å²) in [6.07, 6.45) is 4.94. The van der Waals surface area contributed by atoms with E-state index in [1.807, 2.05) is 36.4 Å². The average molecular weight is 457 g/mol. The molecule has 0 unspecified atom stereocenters. The van der Waals surface area contributed by atoms with Crippen molar-refractivity contribution in [3.8, 4) is 0 Å². The maximum absolute atomic E-state index is 12.9. The largest absolute Gasteiger partial charge is 0.280 e. The number of hydrogen-bond acceptors (Lipinski definition) is 6. The maximum Gasteiger partial charge on any atom is 0.270 e. The third kappa shape index (κ3) is 6.14. The molecule has 0 fully saturated rings. The number of benzene rings is 3. The van der Waals surface area contributed by atoms with Crippen LogP contribution in [-0.2, 0) is 10.0 Å². The summed E-state index contributed by atoms with van der Waals surface area (Å²) in [7, 11) is -4.15. The number of hydrogen-bond donors (Lipinski definition) is 2. The Balaban J connectivity index is 1.84. The van der Waals surface area contributed by atoms with Crippen molar-refractivity contribution >= 4 is 51.0 Å². The van der Waals surface area contributed by atoms with Crippen molar-refractivity contribution in [3.63, 3.8) is 0 Å². The van der Waals surface area contributed by atoms with Crippen LogP contribution in [0, 0.1) is 10.1 Å². The van der Waals surface area contributed by atoms with Gasteiger partial charge in [-0.2, -0.15) is 5.10 Å². The molecular weight excluding hydrogens is 440 g/mol. The molecule has 0 radical (unpaired) electrons. The van der Waals surface area contributed by atoms with E-state index in [9.17, 15) is 18.5 Å². The Morgan fingerprint density at radius 1 is 1.00 bits per heavy atom. The summed E-state index contributed by atoms with van der Waals surface area (Å²) in [5.41, 5.74) is 3.57. The minimum absolute atomic E-state index is 0.0800. The number of nitro benzene ring substituents is 1. The second-order valence-corrected chi connectivity index (χ2v) is 8.30. The highest BCUT2D eigenvalue weighted by Crippen LogP contribution is 2.28. The molecule has 3 rings (SSSR count). The first-order chi connectivity index (χ1) is 14.8. The summed E-state index contributed by atoms with van der Waals surface area (Å²) in [5, 5.41) is 15.6. The lowest BCUT2D eigenvalue weighted by Crippen LogP contribution is -2.15. The fourth-order valence-corrected chi connectivity index (χ4v) is 3.90. The zero-order valence-corrected chi connectivity index (χ0v) is 17.5. The van der Waals surface area contributed by atoms with Crippen LogP contribution in [0.5, 0.6) is 0 Å². The normalized spacial score (nSPS) is 11.6. The van der Waals surface area contributed by atoms with Crippen molar-refractivity contribution in [2.45, 2.75) is 4.90 Å². The molecular formula is C21H17ClN4O4S. The number of rotatable bonds is 8. The molecule has 0 saturated heterocycles. The lowest BCUT2D eigenvalue weighted by molar-refractivity contribution is -0.385. The number of nitro groups is 1. The Bertz CT molecular complexity index is 1230. The standard InChI is InChI=1S/C21H17ClN4O4S/c22-17-8-10-18(11-9-17)25-31(29,30)21-15-19(26(27)28)12-13-20(21)24-23-14-4-7-16-5-2-1-3-6-16/h1-15,24-25H. The fourth-order valence-electron chi connectivity index (χ4n) is 2.54. The molecule has 31 heavy (non-hydrogen) atoms. The molecule has 0 aliphatic carbocycles. The Morgan fingerprint density at radius 2 is 1.71 bits per heavy atom. The smallest absolute Gasteiger partial charge is 0.270 e. The van der Waals surface area contributed by atoms with Crippen molar-refractivity contribution in [1.29, 1.82) is 0 Å². The number of sulfonamides is 1. The van der Waals surface area contributed by atoms with Crippen molar-refractivity contribution in [2.24, 2.45) is 5.10 Å². The van der Waals surface area contributed by atoms with Gasteiger partial charge in [0.1, 0.15) is 4.90 Å². The van der Waals surface area contributed by atoms with Gasteiger partial charge in [0.05, 0.1) is 10.6 Å². The molecule has 10 heteroatoms. The molecule has 0 aliphatic rings. The van der Waals surface area contributed by atoms with Crippen LogP contribution in [0.1, 0.15) is 5.56 Å². The molecule has 0 bridgehead atoms. The molecule has 3 aromatic rings. The van der Waals surface area contributed by atoms with Crippen LogP contribution < -0.4 is 10.1 Å². The SMILES string of the molecule is O=[N+]([O-])c1ccc(NN=CC=Cc2ccccc2)c(S(=O)(=O)Nc2ccc(Cl)cc2)c1. The number of nitrogens with zero attached hydrogens (tertiary/aromatic N) is 2. The molecule has 0 spiro atoms. The Morgan fingerprint density at radius 3 is 2.39 bits per heavy atom. The van der Waals surface area contributed by atoms with Gasteiger partial charge in [-0.3, -0.25) is 20.3 Å². The van der Waals surface area contributed by atoms with Crippen molar-refractivity contribution in [1.82, 2.24) is 0 Å². The Labute approximate surface area is 184 Å². The van der Waals surface area contributed by atoms with Gasteiger partial charge < -0.3 is 0 Å². The lowest BCUT2D eigenvalue weighted by Gasteiger charge is -2.12. The Kier molecular flexibility index (Phi) is 7.01. The lowest BCUT2D eigenvalue weighted by atomic mass is 10.2. The van der Waals surface area contributed by atoms with Gasteiger partial charge in [0, 0.05) is 29.1 Å². The van der Waals surface area contributed by atoms with Gasteiger partial charge in [-0.15, -0.1) is 0 Å². The quantitative estimate of drug-likeness (QED) is 0.276. The van der Waals surface area contributed by atoms with E-state index in [1.165, 1.54) is 42.6 Å². The summed E-state index contributed by atoms with van der Waals surface area (Å²) < 4.78 is 28.1. The predicted octanol–water partition coefficient (Wildman–Crippen LogP) is 5.16. The van der Waals surface area contributed by atoms with Crippen LogP contribution in [0.4, 0.5) is 17.1 Å². The zero-order chi connectivity index (χ0) is 22.3. The van der Waals surface area contributed by atoms with Crippen molar-refractivity contribution in [2.75, 3.05) is 10.1 Å². The number of halogens is 1. The first-order valence-corrected chi connectivity index (χ1v) is 10.8. The number of hydrazone groups is 1. The van der Waals surface area contributed by atoms with Crippen LogP contribution in [0.15, 0.2) is 88.9 Å². The third-order valence-corrected chi connectivity index (χ3v) is 5.67. The van der Waals surface area contributed by atoms with E-state index in [-0.39, 0.29) is 22.0 Å². The van der Waals surface area contributed by atoms with Crippen LogP contribution >= 0.6 is 11.6 Å². The second kappa shape index (κ2) is 9.88. The fraction of sp³-hybridized carbons (Fsp3) is 0. The molecule has 3 aromatic carbocycles. The van der Waals surface area contributed by atoms with Gasteiger partial charge in [0.15, 0.2) is 0 Å². The van der Waals surface area contributed by atoms with Crippen LogP contribution in [0.3, 0.4) is 0 Å². The molecule has 0 aromatic heterocycles. The second-order valence-electron chi connectivity index (χ2n) is 6.21. The van der Waals surface area contributed by atoms with Crippen molar-refractivity contribution in [3.05, 3.63) is 99.6 Å². The van der Waals surface area contributed by atoms with Gasteiger partial charge in [0.2, 0.25) is 0 Å². The summed E-state index contributed by atoms with van der Waals surface area (Å²) in [4.78, 5) is 10.1. The highest BCUT2D eigenvalue weighted by Gasteiger charge is 2.22. The highest BCUT2D eigenvalue weighted by molar-refractivity contribution is 7.92. The minimum Gasteiger partial charge on any atom is -0.280 e. The van der Waals surface area contributed by atoms with E-state index >= 15 is 0 Å². The summed E-state index contributed by atoms with van der Waals surface area (Å²) in [5.74, 6) is 0. The van der Waals surface area contributed by atoms with Gasteiger partial charge in [-0.1, -0.05) is 48.0 Å². The van der Waals surface area contributed by atoms with Gasteiger partial charge in [0.25, 0.3) is 15.7 Å². The van der Waals surface area contributed by atoms with Crippen LogP contribution in [-0.4, -0.2) is 19.6 Å². The van der Waals surface area contributed by atoms with Crippen LogP contribution in [0.2, 0.25) is 5.02 Å². The van der Waals surface area contributed by atoms with E-state index in [2.05, 4.69) is 15.2 Å². The molecule has 0 aliphatic heterocycles. The summed E-state index contributed by atoms with van der Waals surface area (Å²) >= 11 is 5.82. The third-order valence-electron chi connectivity index (χ3n) is 4.00. The molecule has 158 valence electrons. The van der Waals surface area contributed by atoms with E-state index in [0.29, 0.717) is 5.02 Å². The monoisotopic (exact) mass is 456 g/mol. The number of anilines is 2. The molecule has 0 saturated carbocycles. The highest BCUT2D eigenvalue weighted by atomic mass is 35.5. The molecule has 8 nitrogen and oxygen atoms in total. The number of non-ortho nitro benzene ring substituents is 1. The van der Waals surface area contributed by atoms with E-state index in [1.54, 1.807) is 6.08 Å². The first kappa shape index (κ1) is 22.0. The molecule has 2 N–H and O–H groups in total.